The molecule has 0 aliphatic carbocycles. The van der Waals surface area contributed by atoms with Crippen LogP contribution in [0.2, 0.25) is 0 Å². The molecule has 2 aromatic carbocycles. The van der Waals surface area contributed by atoms with E-state index in [1.54, 1.807) is 0 Å². The van der Waals surface area contributed by atoms with Gasteiger partial charge in [0.05, 0.1) is 5.56 Å². The average Bonchev–Trinajstić information content (AvgIpc) is 2.42. The zero-order chi connectivity index (χ0) is 14.5. The number of benzene rings is 2. The molecule has 0 radical (unpaired) electrons. The maximum Gasteiger partial charge on any atom is 0.335 e. The first-order valence-electron chi connectivity index (χ1n) is 6.08. The summed E-state index contributed by atoms with van der Waals surface area (Å²) in [7, 11) is 0. The number of nitrogens with one attached hydrogen (secondary N) is 1. The molecule has 0 heterocycles. The van der Waals surface area contributed by atoms with Gasteiger partial charge in [0.2, 0.25) is 0 Å². The van der Waals surface area contributed by atoms with Crippen LogP contribution in [0.25, 0.3) is 0 Å². The summed E-state index contributed by atoms with van der Waals surface area (Å²) in [5.74, 6) is -3.18. The zero-order valence-electron chi connectivity index (χ0n) is 10.6. The Labute approximate surface area is 114 Å². The topological polar surface area (TPSA) is 49.3 Å². The second kappa shape index (κ2) is 6.14. The van der Waals surface area contributed by atoms with Crippen LogP contribution in [0, 0.1) is 11.6 Å². The lowest BCUT2D eigenvalue weighted by molar-refractivity contribution is 0.0696. The number of carboxylic acids is 1. The second-order valence-electron chi connectivity index (χ2n) is 4.28. The minimum atomic E-state index is -1.36. The molecule has 3 nitrogen and oxygen atoms in total. The van der Waals surface area contributed by atoms with Crippen molar-refractivity contribution in [2.24, 2.45) is 0 Å². The summed E-state index contributed by atoms with van der Waals surface area (Å²) in [4.78, 5) is 10.7. The summed E-state index contributed by atoms with van der Waals surface area (Å²) in [6.45, 7) is 0.351. The number of aromatic carboxylic acids is 1. The molecule has 2 N–H and O–H groups in total. The van der Waals surface area contributed by atoms with Crippen LogP contribution in [0.4, 0.5) is 14.5 Å². The Bertz CT molecular complexity index is 592. The van der Waals surface area contributed by atoms with Gasteiger partial charge in [-0.25, -0.2) is 13.6 Å². The first-order valence-corrected chi connectivity index (χ1v) is 6.08. The molecule has 5 heteroatoms. The zero-order valence-corrected chi connectivity index (χ0v) is 10.6. The number of anilines is 1. The molecule has 0 aliphatic heterocycles. The molecule has 2 rings (SSSR count). The third kappa shape index (κ3) is 3.32. The van der Waals surface area contributed by atoms with Gasteiger partial charge in [-0.05, 0) is 24.1 Å². The lowest BCUT2D eigenvalue weighted by atomic mass is 10.1. The van der Waals surface area contributed by atoms with E-state index in [1.165, 1.54) is 0 Å². The lowest BCUT2D eigenvalue weighted by Gasteiger charge is -2.09. The van der Waals surface area contributed by atoms with E-state index in [4.69, 9.17) is 5.11 Å². The van der Waals surface area contributed by atoms with Gasteiger partial charge in [-0.1, -0.05) is 30.3 Å². The molecule has 20 heavy (non-hydrogen) atoms. The fourth-order valence-corrected chi connectivity index (χ4v) is 1.84. The van der Waals surface area contributed by atoms with E-state index in [1.807, 2.05) is 30.3 Å². The second-order valence-corrected chi connectivity index (χ2v) is 4.28. The number of hydrogen-bond acceptors (Lipinski definition) is 2. The molecule has 0 saturated carbocycles. The molecule has 104 valence electrons. The molecule has 0 aliphatic rings. The van der Waals surface area contributed by atoms with Crippen LogP contribution in [0.15, 0.2) is 42.5 Å². The van der Waals surface area contributed by atoms with Crippen molar-refractivity contribution in [1.82, 2.24) is 0 Å². The highest BCUT2D eigenvalue weighted by Gasteiger charge is 2.14. The van der Waals surface area contributed by atoms with Crippen molar-refractivity contribution >= 4 is 11.7 Å². The SMILES string of the molecule is O=C(O)c1cc(F)c(NCCc2ccccc2)c(F)c1. The van der Waals surface area contributed by atoms with Crippen LogP contribution >= 0.6 is 0 Å². The van der Waals surface area contributed by atoms with Crippen LogP contribution in [-0.4, -0.2) is 17.6 Å². The molecule has 2 aromatic rings. The van der Waals surface area contributed by atoms with Gasteiger partial charge in [-0.15, -0.1) is 0 Å². The van der Waals surface area contributed by atoms with Crippen LogP contribution in [-0.2, 0) is 6.42 Å². The molecule has 0 unspecified atom stereocenters. The fraction of sp³-hybridized carbons (Fsp3) is 0.133. The largest absolute Gasteiger partial charge is 0.478 e. The monoisotopic (exact) mass is 277 g/mol. The van der Waals surface area contributed by atoms with E-state index in [-0.39, 0.29) is 5.69 Å². The van der Waals surface area contributed by atoms with Crippen molar-refractivity contribution in [2.75, 3.05) is 11.9 Å². The highest BCUT2D eigenvalue weighted by Crippen LogP contribution is 2.20. The molecule has 0 fully saturated rings. The number of carboxylic acid groups (broad SMARTS) is 1. The van der Waals surface area contributed by atoms with E-state index in [9.17, 15) is 13.6 Å². The normalized spacial score (nSPS) is 10.3. The Morgan fingerprint density at radius 2 is 1.70 bits per heavy atom. The Morgan fingerprint density at radius 1 is 1.10 bits per heavy atom. The van der Waals surface area contributed by atoms with Gasteiger partial charge < -0.3 is 10.4 Å². The molecular weight excluding hydrogens is 264 g/mol. The van der Waals surface area contributed by atoms with Crippen LogP contribution in [0.5, 0.6) is 0 Å². The summed E-state index contributed by atoms with van der Waals surface area (Å²) in [6, 6.07) is 11.1. The molecular formula is C15H13F2NO2. The standard InChI is InChI=1S/C15H13F2NO2/c16-12-8-11(15(19)20)9-13(17)14(12)18-7-6-10-4-2-1-3-5-10/h1-5,8-9,18H,6-7H2,(H,19,20). The van der Waals surface area contributed by atoms with E-state index in [0.717, 1.165) is 17.7 Å². The summed E-state index contributed by atoms with van der Waals surface area (Å²) in [6.07, 6.45) is 0.612. The Hall–Kier alpha value is -2.43. The van der Waals surface area contributed by atoms with Crippen LogP contribution in [0.3, 0.4) is 0 Å². The maximum absolute atomic E-state index is 13.6. The molecule has 0 saturated heterocycles. The number of hydrogen-bond donors (Lipinski definition) is 2. The summed E-state index contributed by atoms with van der Waals surface area (Å²) in [5.41, 5.74) is 0.336. The number of halogens is 2. The van der Waals surface area contributed by atoms with E-state index < -0.39 is 23.2 Å². The first-order chi connectivity index (χ1) is 9.58. The van der Waals surface area contributed by atoms with Crippen molar-refractivity contribution in [2.45, 2.75) is 6.42 Å². The minimum absolute atomic E-state index is 0.300. The number of carbonyl (C=O) groups is 1. The number of rotatable bonds is 5. The highest BCUT2D eigenvalue weighted by atomic mass is 19.1. The molecule has 0 amide bonds. The summed E-state index contributed by atoms with van der Waals surface area (Å²) < 4.78 is 27.3. The van der Waals surface area contributed by atoms with Crippen LogP contribution < -0.4 is 5.32 Å². The van der Waals surface area contributed by atoms with Gasteiger partial charge >= 0.3 is 5.97 Å². The summed E-state index contributed by atoms with van der Waals surface area (Å²) >= 11 is 0. The third-order valence-electron chi connectivity index (χ3n) is 2.85. The van der Waals surface area contributed by atoms with Crippen molar-refractivity contribution in [1.29, 1.82) is 0 Å². The molecule has 0 bridgehead atoms. The van der Waals surface area contributed by atoms with Gasteiger partial charge in [0.1, 0.15) is 17.3 Å². The first kappa shape index (κ1) is 14.0. The van der Waals surface area contributed by atoms with Gasteiger partial charge in [-0.2, -0.15) is 0 Å². The quantitative estimate of drug-likeness (QED) is 0.881. The fourth-order valence-electron chi connectivity index (χ4n) is 1.84. The predicted molar refractivity (Wildman–Crippen MR) is 72.0 cm³/mol. The van der Waals surface area contributed by atoms with E-state index >= 15 is 0 Å². The third-order valence-corrected chi connectivity index (χ3v) is 2.85. The van der Waals surface area contributed by atoms with Gasteiger partial charge in [0.25, 0.3) is 0 Å². The molecule has 0 spiro atoms. The van der Waals surface area contributed by atoms with Gasteiger partial charge in [0.15, 0.2) is 0 Å². The predicted octanol–water partition coefficient (Wildman–Crippen LogP) is 3.32. The average molecular weight is 277 g/mol. The maximum atomic E-state index is 13.6. The molecule has 0 aromatic heterocycles. The summed E-state index contributed by atoms with van der Waals surface area (Å²) in [5, 5.41) is 11.3. The smallest absolute Gasteiger partial charge is 0.335 e. The van der Waals surface area contributed by atoms with Crippen LogP contribution in [0.1, 0.15) is 15.9 Å². The van der Waals surface area contributed by atoms with Crippen molar-refractivity contribution in [3.05, 3.63) is 65.2 Å². The Morgan fingerprint density at radius 3 is 2.25 bits per heavy atom. The van der Waals surface area contributed by atoms with Crippen molar-refractivity contribution in [3.8, 4) is 0 Å². The van der Waals surface area contributed by atoms with Crippen molar-refractivity contribution in [3.63, 3.8) is 0 Å². The Kier molecular flexibility index (Phi) is 4.30. The van der Waals surface area contributed by atoms with Crippen molar-refractivity contribution < 1.29 is 18.7 Å². The van der Waals surface area contributed by atoms with Gasteiger partial charge in [0, 0.05) is 6.54 Å². The van der Waals surface area contributed by atoms with E-state index in [2.05, 4.69) is 5.32 Å². The van der Waals surface area contributed by atoms with E-state index in [0.29, 0.717) is 13.0 Å². The molecule has 0 atom stereocenters. The highest BCUT2D eigenvalue weighted by molar-refractivity contribution is 5.88. The lowest BCUT2D eigenvalue weighted by Crippen LogP contribution is -2.09. The van der Waals surface area contributed by atoms with Gasteiger partial charge in [-0.3, -0.25) is 0 Å². The minimum Gasteiger partial charge on any atom is -0.478 e. The Balaban J connectivity index is 2.05.